The standard InChI is InChI=1S/C22H20N2OS2/c1-15-13-16-5-2-3-6-18(16)24(15)14-21(25)23-10-8-19-17(9-12-27-19)22(23)20-7-4-11-26-20/h2-7,9,11-13,22H,8,10,14H2,1H3/t22-/m0/s1. The molecule has 0 saturated heterocycles. The third-order valence-electron chi connectivity index (χ3n) is 5.41. The van der Waals surface area contributed by atoms with Crippen LogP contribution in [0.25, 0.3) is 10.9 Å². The number of fused-ring (bicyclic) bond motifs is 2. The first-order valence-corrected chi connectivity index (χ1v) is 10.9. The summed E-state index contributed by atoms with van der Waals surface area (Å²) in [6, 6.07) is 16.9. The van der Waals surface area contributed by atoms with Crippen molar-refractivity contribution < 1.29 is 4.79 Å². The third-order valence-corrected chi connectivity index (χ3v) is 7.33. The Hall–Kier alpha value is -2.37. The van der Waals surface area contributed by atoms with E-state index in [4.69, 9.17) is 0 Å². The summed E-state index contributed by atoms with van der Waals surface area (Å²) in [4.78, 5) is 18.2. The van der Waals surface area contributed by atoms with Gasteiger partial charge in [-0.25, -0.2) is 0 Å². The zero-order chi connectivity index (χ0) is 18.4. The number of aryl methyl sites for hydroxylation is 1. The van der Waals surface area contributed by atoms with E-state index in [-0.39, 0.29) is 11.9 Å². The largest absolute Gasteiger partial charge is 0.335 e. The minimum absolute atomic E-state index is 0.0506. The number of aromatic nitrogens is 1. The average Bonchev–Trinajstić information content (AvgIpc) is 3.41. The van der Waals surface area contributed by atoms with Crippen molar-refractivity contribution in [1.29, 1.82) is 0 Å². The molecule has 0 bridgehead atoms. The molecule has 1 atom stereocenters. The van der Waals surface area contributed by atoms with Crippen LogP contribution in [0.15, 0.2) is 59.3 Å². The molecular formula is C22H20N2OS2. The Morgan fingerprint density at radius 1 is 1.11 bits per heavy atom. The second-order valence-electron chi connectivity index (χ2n) is 6.98. The van der Waals surface area contributed by atoms with Crippen molar-refractivity contribution in [3.63, 3.8) is 0 Å². The maximum Gasteiger partial charge on any atom is 0.243 e. The molecule has 0 unspecified atom stereocenters. The number of amides is 1. The molecule has 1 amide bonds. The van der Waals surface area contributed by atoms with E-state index in [0.717, 1.165) is 24.2 Å². The number of benzene rings is 1. The van der Waals surface area contributed by atoms with Gasteiger partial charge in [-0.3, -0.25) is 4.79 Å². The number of carbonyl (C=O) groups is 1. The van der Waals surface area contributed by atoms with Crippen LogP contribution in [0.1, 0.15) is 27.1 Å². The van der Waals surface area contributed by atoms with Crippen molar-refractivity contribution >= 4 is 39.5 Å². The molecule has 5 rings (SSSR count). The summed E-state index contributed by atoms with van der Waals surface area (Å²) in [6.07, 6.45) is 0.950. The maximum absolute atomic E-state index is 13.4. The van der Waals surface area contributed by atoms with Crippen LogP contribution < -0.4 is 0 Å². The fourth-order valence-electron chi connectivity index (χ4n) is 4.12. The van der Waals surface area contributed by atoms with Gasteiger partial charge in [0.1, 0.15) is 6.54 Å². The van der Waals surface area contributed by atoms with Gasteiger partial charge in [0.2, 0.25) is 5.91 Å². The second-order valence-corrected chi connectivity index (χ2v) is 8.96. The summed E-state index contributed by atoms with van der Waals surface area (Å²) in [5.41, 5.74) is 3.56. The highest BCUT2D eigenvalue weighted by atomic mass is 32.1. The molecule has 0 spiro atoms. The number of nitrogens with zero attached hydrogens (tertiary/aromatic N) is 2. The van der Waals surface area contributed by atoms with Crippen LogP contribution in [0.2, 0.25) is 0 Å². The number of carbonyl (C=O) groups excluding carboxylic acids is 1. The van der Waals surface area contributed by atoms with Crippen LogP contribution in [0.4, 0.5) is 0 Å². The molecule has 5 heteroatoms. The predicted molar refractivity (Wildman–Crippen MR) is 113 cm³/mol. The van der Waals surface area contributed by atoms with Crippen LogP contribution in [0.5, 0.6) is 0 Å². The molecule has 4 aromatic rings. The average molecular weight is 393 g/mol. The minimum atomic E-state index is 0.0506. The Morgan fingerprint density at radius 3 is 2.85 bits per heavy atom. The monoisotopic (exact) mass is 392 g/mol. The van der Waals surface area contributed by atoms with Gasteiger partial charge in [0.15, 0.2) is 0 Å². The van der Waals surface area contributed by atoms with Gasteiger partial charge in [-0.15, -0.1) is 22.7 Å². The van der Waals surface area contributed by atoms with Crippen LogP contribution in [0.3, 0.4) is 0 Å². The van der Waals surface area contributed by atoms with Gasteiger partial charge in [-0.05, 0) is 59.3 Å². The Bertz CT molecular complexity index is 1110. The SMILES string of the molecule is Cc1cc2ccccc2n1CC(=O)N1CCc2sccc2[C@H]1c1cccs1. The number of rotatable bonds is 3. The first-order chi connectivity index (χ1) is 13.2. The lowest BCUT2D eigenvalue weighted by Crippen LogP contribution is -2.41. The Balaban J connectivity index is 1.51. The van der Waals surface area contributed by atoms with E-state index < -0.39 is 0 Å². The molecule has 0 radical (unpaired) electrons. The molecule has 0 fully saturated rings. The second kappa shape index (κ2) is 6.66. The molecule has 4 heterocycles. The highest BCUT2D eigenvalue weighted by Crippen LogP contribution is 2.39. The molecule has 27 heavy (non-hydrogen) atoms. The molecule has 0 saturated carbocycles. The summed E-state index contributed by atoms with van der Waals surface area (Å²) in [5.74, 6) is 0.190. The summed E-state index contributed by atoms with van der Waals surface area (Å²) in [6.45, 7) is 3.26. The van der Waals surface area contributed by atoms with E-state index in [1.807, 2.05) is 23.5 Å². The Morgan fingerprint density at radius 2 is 2.00 bits per heavy atom. The Kier molecular flexibility index (Phi) is 4.14. The van der Waals surface area contributed by atoms with Crippen LogP contribution in [-0.2, 0) is 17.8 Å². The van der Waals surface area contributed by atoms with Gasteiger partial charge < -0.3 is 9.47 Å². The number of hydrogen-bond donors (Lipinski definition) is 0. The van der Waals surface area contributed by atoms with Gasteiger partial charge >= 0.3 is 0 Å². The smallest absolute Gasteiger partial charge is 0.243 e. The lowest BCUT2D eigenvalue weighted by molar-refractivity contribution is -0.133. The van der Waals surface area contributed by atoms with Crippen molar-refractivity contribution in [1.82, 2.24) is 9.47 Å². The zero-order valence-electron chi connectivity index (χ0n) is 15.1. The highest BCUT2D eigenvalue weighted by molar-refractivity contribution is 7.10. The van der Waals surface area contributed by atoms with Crippen LogP contribution in [0, 0.1) is 6.92 Å². The first kappa shape index (κ1) is 16.8. The number of hydrogen-bond acceptors (Lipinski definition) is 3. The third kappa shape index (κ3) is 2.82. The van der Waals surface area contributed by atoms with E-state index in [1.54, 1.807) is 11.3 Å². The van der Waals surface area contributed by atoms with E-state index in [9.17, 15) is 4.79 Å². The fourth-order valence-corrected chi connectivity index (χ4v) is 5.88. The van der Waals surface area contributed by atoms with Crippen molar-refractivity contribution in [3.05, 3.63) is 80.3 Å². The fraction of sp³-hybridized carbons (Fsp3) is 0.227. The molecule has 0 aliphatic carbocycles. The quantitative estimate of drug-likeness (QED) is 0.468. The number of para-hydroxylation sites is 1. The summed E-state index contributed by atoms with van der Waals surface area (Å²) in [7, 11) is 0. The lowest BCUT2D eigenvalue weighted by Gasteiger charge is -2.35. The zero-order valence-corrected chi connectivity index (χ0v) is 16.7. The van der Waals surface area contributed by atoms with E-state index in [2.05, 4.69) is 63.5 Å². The molecule has 136 valence electrons. The Labute approximate surface area is 166 Å². The van der Waals surface area contributed by atoms with Crippen LogP contribution in [-0.4, -0.2) is 21.9 Å². The van der Waals surface area contributed by atoms with Crippen molar-refractivity contribution in [2.75, 3.05) is 6.54 Å². The maximum atomic E-state index is 13.4. The van der Waals surface area contributed by atoms with Gasteiger partial charge in [0.05, 0.1) is 6.04 Å². The van der Waals surface area contributed by atoms with E-state index in [1.165, 1.54) is 20.7 Å². The van der Waals surface area contributed by atoms with Crippen molar-refractivity contribution in [2.45, 2.75) is 25.9 Å². The number of thiophene rings is 2. The van der Waals surface area contributed by atoms with Crippen LogP contribution >= 0.6 is 22.7 Å². The van der Waals surface area contributed by atoms with E-state index >= 15 is 0 Å². The summed E-state index contributed by atoms with van der Waals surface area (Å²) < 4.78 is 2.15. The van der Waals surface area contributed by atoms with Gasteiger partial charge in [-0.1, -0.05) is 24.3 Å². The van der Waals surface area contributed by atoms with Gasteiger partial charge in [0.25, 0.3) is 0 Å². The first-order valence-electron chi connectivity index (χ1n) is 9.16. The normalized spacial score (nSPS) is 16.6. The summed E-state index contributed by atoms with van der Waals surface area (Å²) >= 11 is 3.55. The van der Waals surface area contributed by atoms with Gasteiger partial charge in [-0.2, -0.15) is 0 Å². The molecule has 3 aromatic heterocycles. The molecule has 1 aliphatic heterocycles. The molecule has 3 nitrogen and oxygen atoms in total. The van der Waals surface area contributed by atoms with E-state index in [0.29, 0.717) is 6.54 Å². The molecule has 1 aromatic carbocycles. The lowest BCUT2D eigenvalue weighted by atomic mass is 9.98. The minimum Gasteiger partial charge on any atom is -0.335 e. The molecule has 0 N–H and O–H groups in total. The van der Waals surface area contributed by atoms with Crippen molar-refractivity contribution in [2.24, 2.45) is 0 Å². The van der Waals surface area contributed by atoms with Crippen molar-refractivity contribution in [3.8, 4) is 0 Å². The molecule has 1 aliphatic rings. The van der Waals surface area contributed by atoms with Gasteiger partial charge in [0, 0.05) is 27.5 Å². The predicted octanol–water partition coefficient (Wildman–Crippen LogP) is 5.25. The topological polar surface area (TPSA) is 25.2 Å². The summed E-state index contributed by atoms with van der Waals surface area (Å²) in [5, 5.41) is 5.45. The highest BCUT2D eigenvalue weighted by Gasteiger charge is 2.33. The molecular weight excluding hydrogens is 372 g/mol.